The summed E-state index contributed by atoms with van der Waals surface area (Å²) in [6.07, 6.45) is 2.87. The second-order valence-electron chi connectivity index (χ2n) is 11.4. The molecule has 48 heavy (non-hydrogen) atoms. The normalized spacial score (nSPS) is 14.3. The van der Waals surface area contributed by atoms with E-state index >= 15 is 0 Å². The summed E-state index contributed by atoms with van der Waals surface area (Å²) >= 11 is 1.24. The predicted molar refractivity (Wildman–Crippen MR) is 176 cm³/mol. The lowest BCUT2D eigenvalue weighted by Crippen LogP contribution is -2.28. The number of thioether (sulfide) groups is 1. The number of carbonyl (C=O) groups is 2. The highest BCUT2D eigenvalue weighted by Gasteiger charge is 2.25. The molecule has 0 spiro atoms. The Balaban J connectivity index is 1.00. The van der Waals surface area contributed by atoms with Crippen LogP contribution in [0.4, 0.5) is 5.69 Å². The number of anilines is 1. The fraction of sp³-hybridized carbons (Fsp3) is 0.353. The fourth-order valence-electron chi connectivity index (χ4n) is 5.60. The molecule has 3 aliphatic heterocycles. The molecule has 0 bridgehead atoms. The van der Waals surface area contributed by atoms with Crippen molar-refractivity contribution >= 4 is 40.2 Å². The number of carbonyl (C=O) groups excluding carboxylic acids is 2. The van der Waals surface area contributed by atoms with Crippen molar-refractivity contribution in [1.29, 1.82) is 0 Å². The lowest BCUT2D eigenvalue weighted by molar-refractivity contribution is -0.121. The Morgan fingerprint density at radius 1 is 0.833 bits per heavy atom. The summed E-state index contributed by atoms with van der Waals surface area (Å²) in [5.74, 6) is 3.32. The Morgan fingerprint density at radius 2 is 1.50 bits per heavy atom. The Labute approximate surface area is 279 Å². The van der Waals surface area contributed by atoms with E-state index in [4.69, 9.17) is 33.4 Å². The van der Waals surface area contributed by atoms with Crippen LogP contribution < -0.4 is 44.6 Å². The highest BCUT2D eigenvalue weighted by atomic mass is 32.2. The first-order valence-corrected chi connectivity index (χ1v) is 16.7. The molecule has 4 heterocycles. The van der Waals surface area contributed by atoms with Crippen molar-refractivity contribution in [2.45, 2.75) is 62.5 Å². The molecule has 2 amide bonds. The van der Waals surface area contributed by atoms with E-state index in [0.717, 1.165) is 12.0 Å². The number of nitrogens with zero attached hydrogens (tertiary/aromatic N) is 2. The molecule has 2 N–H and O–H groups in total. The van der Waals surface area contributed by atoms with Crippen LogP contribution in [-0.2, 0) is 22.7 Å². The van der Waals surface area contributed by atoms with Gasteiger partial charge in [0, 0.05) is 37.3 Å². The van der Waals surface area contributed by atoms with Gasteiger partial charge in [0.15, 0.2) is 39.7 Å². The first kappa shape index (κ1) is 31.5. The number of ether oxygens (including phenoxy) is 6. The van der Waals surface area contributed by atoms with E-state index in [0.29, 0.717) is 95.0 Å². The molecule has 0 saturated carbocycles. The highest BCUT2D eigenvalue weighted by molar-refractivity contribution is 8.00. The minimum Gasteiger partial charge on any atom is -0.454 e. The van der Waals surface area contributed by atoms with Crippen molar-refractivity contribution in [3.8, 4) is 34.5 Å². The molecule has 3 aliphatic rings. The maximum absolute atomic E-state index is 13.9. The molecule has 14 heteroatoms. The number of nitrogens with one attached hydrogen (secondary N) is 2. The molecule has 0 radical (unpaired) electrons. The van der Waals surface area contributed by atoms with E-state index in [2.05, 4.69) is 10.6 Å². The zero-order valence-corrected chi connectivity index (χ0v) is 27.1. The third-order valence-electron chi connectivity index (χ3n) is 8.18. The van der Waals surface area contributed by atoms with Crippen molar-refractivity contribution in [2.24, 2.45) is 0 Å². The largest absolute Gasteiger partial charge is 0.454 e. The number of amides is 2. The second-order valence-corrected chi connectivity index (χ2v) is 12.6. The fourth-order valence-corrected chi connectivity index (χ4v) is 6.64. The van der Waals surface area contributed by atoms with Crippen LogP contribution in [-0.4, -0.2) is 47.0 Å². The molecular weight excluding hydrogens is 640 g/mol. The summed E-state index contributed by atoms with van der Waals surface area (Å²) in [7, 11) is 0. The number of hydrogen-bond acceptors (Lipinski definition) is 11. The minimum absolute atomic E-state index is 0.0521. The monoisotopic (exact) mass is 674 g/mol. The number of unbranched alkanes of at least 4 members (excludes halogenated alkanes) is 2. The van der Waals surface area contributed by atoms with Gasteiger partial charge in [0.2, 0.25) is 32.2 Å². The summed E-state index contributed by atoms with van der Waals surface area (Å²) in [4.78, 5) is 44.6. The number of hydrogen-bond donors (Lipinski definition) is 2. The molecule has 7 rings (SSSR count). The molecular formula is C34H34N4O9S. The summed E-state index contributed by atoms with van der Waals surface area (Å²) in [6.45, 7) is 3.10. The van der Waals surface area contributed by atoms with E-state index in [-0.39, 0.29) is 37.8 Å². The molecule has 4 aromatic rings. The van der Waals surface area contributed by atoms with Gasteiger partial charge in [0.05, 0.1) is 16.2 Å². The van der Waals surface area contributed by atoms with E-state index in [9.17, 15) is 14.4 Å². The van der Waals surface area contributed by atoms with Crippen molar-refractivity contribution in [1.82, 2.24) is 14.9 Å². The van der Waals surface area contributed by atoms with Crippen LogP contribution in [0.3, 0.4) is 0 Å². The number of benzene rings is 3. The summed E-state index contributed by atoms with van der Waals surface area (Å²) < 4.78 is 34.2. The van der Waals surface area contributed by atoms with Gasteiger partial charge < -0.3 is 39.1 Å². The van der Waals surface area contributed by atoms with Gasteiger partial charge in [0.1, 0.15) is 0 Å². The number of fused-ring (bicyclic) bond motifs is 4. The molecule has 1 aromatic heterocycles. The quantitative estimate of drug-likeness (QED) is 0.113. The van der Waals surface area contributed by atoms with Gasteiger partial charge in [-0.05, 0) is 55.2 Å². The van der Waals surface area contributed by atoms with Gasteiger partial charge in [-0.2, -0.15) is 0 Å². The Morgan fingerprint density at radius 3 is 2.25 bits per heavy atom. The number of rotatable bonds is 13. The second kappa shape index (κ2) is 13.9. The lowest BCUT2D eigenvalue weighted by Gasteiger charge is -2.18. The van der Waals surface area contributed by atoms with Crippen molar-refractivity contribution < 1.29 is 38.0 Å². The average Bonchev–Trinajstić information content (AvgIpc) is 3.87. The molecule has 1 atom stereocenters. The Kier molecular flexibility index (Phi) is 9.14. The predicted octanol–water partition coefficient (Wildman–Crippen LogP) is 4.97. The topological polar surface area (TPSA) is 148 Å². The SMILES string of the molecule is CC[C@@H](Sc1nc2cc3c(cc2c(=O)n1CCCCCC(=O)NCc1ccc2c(c1)OCO2)OCO3)C(=O)Nc1ccc2c(c1)OCO2. The zero-order valence-electron chi connectivity index (χ0n) is 26.2. The van der Waals surface area contributed by atoms with Crippen LogP contribution in [0.25, 0.3) is 10.9 Å². The molecule has 3 aromatic carbocycles. The highest BCUT2D eigenvalue weighted by Crippen LogP contribution is 2.37. The van der Waals surface area contributed by atoms with E-state index < -0.39 is 5.25 Å². The third-order valence-corrected chi connectivity index (χ3v) is 9.53. The van der Waals surface area contributed by atoms with Crippen LogP contribution in [0.2, 0.25) is 0 Å². The third kappa shape index (κ3) is 6.79. The van der Waals surface area contributed by atoms with Gasteiger partial charge in [-0.25, -0.2) is 4.98 Å². The summed E-state index contributed by atoms with van der Waals surface area (Å²) in [6, 6.07) is 14.2. The van der Waals surface area contributed by atoms with E-state index in [1.54, 1.807) is 34.9 Å². The zero-order chi connectivity index (χ0) is 33.0. The minimum atomic E-state index is -0.534. The molecule has 13 nitrogen and oxygen atoms in total. The van der Waals surface area contributed by atoms with Crippen LogP contribution >= 0.6 is 11.8 Å². The molecule has 0 unspecified atom stereocenters. The molecule has 0 saturated heterocycles. The first-order chi connectivity index (χ1) is 23.4. The maximum Gasteiger partial charge on any atom is 0.262 e. The van der Waals surface area contributed by atoms with Crippen molar-refractivity contribution in [2.75, 3.05) is 25.7 Å². The van der Waals surface area contributed by atoms with Gasteiger partial charge in [-0.15, -0.1) is 0 Å². The lowest BCUT2D eigenvalue weighted by atomic mass is 10.1. The van der Waals surface area contributed by atoms with Gasteiger partial charge in [-0.1, -0.05) is 31.2 Å². The van der Waals surface area contributed by atoms with Gasteiger partial charge in [-0.3, -0.25) is 19.0 Å². The van der Waals surface area contributed by atoms with Crippen LogP contribution in [0, 0.1) is 0 Å². The molecule has 0 fully saturated rings. The van der Waals surface area contributed by atoms with Crippen molar-refractivity contribution in [3.63, 3.8) is 0 Å². The van der Waals surface area contributed by atoms with Crippen LogP contribution in [0.5, 0.6) is 34.5 Å². The summed E-state index contributed by atoms with van der Waals surface area (Å²) in [5.41, 5.74) is 1.75. The van der Waals surface area contributed by atoms with Gasteiger partial charge in [0.25, 0.3) is 5.56 Å². The van der Waals surface area contributed by atoms with Crippen LogP contribution in [0.15, 0.2) is 58.5 Å². The standard InChI is InChI=1S/C34H34N4O9S/c1-2-30(32(40)36-21-8-10-25-27(13-21)45-18-43-25)48-34-37-23-15-29-28(46-19-47-29)14-22(23)33(41)38(34)11-5-3-4-6-31(39)35-16-20-7-9-24-26(12-20)44-17-42-24/h7-10,12-15,30H,2-6,11,16-19H2,1H3,(H,35,39)(H,36,40)/t30-/m1/s1. The molecule has 0 aliphatic carbocycles. The Bertz CT molecular complexity index is 1930. The van der Waals surface area contributed by atoms with Crippen molar-refractivity contribution in [3.05, 3.63) is 64.4 Å². The van der Waals surface area contributed by atoms with Crippen LogP contribution in [0.1, 0.15) is 44.6 Å². The first-order valence-electron chi connectivity index (χ1n) is 15.8. The summed E-state index contributed by atoms with van der Waals surface area (Å²) in [5, 5.41) is 6.21. The number of aromatic nitrogens is 2. The smallest absolute Gasteiger partial charge is 0.262 e. The van der Waals surface area contributed by atoms with Gasteiger partial charge >= 0.3 is 0 Å². The van der Waals surface area contributed by atoms with E-state index in [1.807, 2.05) is 25.1 Å². The Hall–Kier alpha value is -5.11. The average molecular weight is 675 g/mol. The molecule has 250 valence electrons. The van der Waals surface area contributed by atoms with E-state index in [1.165, 1.54) is 11.8 Å². The maximum atomic E-state index is 13.9.